The SMILES string of the molecule is Cc1csc(CC(O)C2COc3ccccc3O2)n1. The van der Waals surface area contributed by atoms with Gasteiger partial charge >= 0.3 is 0 Å². The largest absolute Gasteiger partial charge is 0.486 e. The molecule has 1 aromatic heterocycles. The van der Waals surface area contributed by atoms with Gasteiger partial charge in [0.05, 0.1) is 5.01 Å². The second-order valence-corrected chi connectivity index (χ2v) is 5.51. The Kier molecular flexibility index (Phi) is 3.40. The third-order valence-corrected chi connectivity index (χ3v) is 4.00. The molecule has 2 heterocycles. The van der Waals surface area contributed by atoms with Gasteiger partial charge in [0.15, 0.2) is 17.6 Å². The Hall–Kier alpha value is -1.59. The molecule has 1 aliphatic rings. The number of fused-ring (bicyclic) bond motifs is 1. The molecule has 2 aromatic rings. The van der Waals surface area contributed by atoms with Crippen LogP contribution in [0, 0.1) is 6.92 Å². The molecule has 1 aromatic carbocycles. The summed E-state index contributed by atoms with van der Waals surface area (Å²) in [7, 11) is 0. The molecule has 0 saturated carbocycles. The van der Waals surface area contributed by atoms with Crippen LogP contribution in [-0.4, -0.2) is 28.9 Å². The minimum absolute atomic E-state index is 0.348. The van der Waals surface area contributed by atoms with E-state index in [0.717, 1.165) is 16.5 Å². The highest BCUT2D eigenvalue weighted by molar-refractivity contribution is 7.09. The van der Waals surface area contributed by atoms with Gasteiger partial charge in [-0.15, -0.1) is 11.3 Å². The van der Waals surface area contributed by atoms with Gasteiger partial charge in [0.2, 0.25) is 0 Å². The van der Waals surface area contributed by atoms with Crippen LogP contribution in [0.25, 0.3) is 0 Å². The summed E-state index contributed by atoms with van der Waals surface area (Å²) in [5.74, 6) is 1.42. The second-order valence-electron chi connectivity index (χ2n) is 4.57. The number of aliphatic hydroxyl groups excluding tert-OH is 1. The fourth-order valence-corrected chi connectivity index (χ4v) is 2.86. The Morgan fingerprint density at radius 1 is 1.42 bits per heavy atom. The summed E-state index contributed by atoms with van der Waals surface area (Å²) in [4.78, 5) is 4.35. The second kappa shape index (κ2) is 5.19. The van der Waals surface area contributed by atoms with Crippen molar-refractivity contribution in [1.29, 1.82) is 0 Å². The minimum Gasteiger partial charge on any atom is -0.486 e. The maximum Gasteiger partial charge on any atom is 0.161 e. The van der Waals surface area contributed by atoms with Crippen molar-refractivity contribution in [2.24, 2.45) is 0 Å². The van der Waals surface area contributed by atoms with Gasteiger partial charge in [0.1, 0.15) is 12.7 Å². The number of hydrogen-bond acceptors (Lipinski definition) is 5. The molecule has 0 bridgehead atoms. The van der Waals surface area contributed by atoms with Crippen molar-refractivity contribution in [2.45, 2.75) is 25.6 Å². The summed E-state index contributed by atoms with van der Waals surface area (Å²) in [5.41, 5.74) is 0.985. The number of hydrogen-bond donors (Lipinski definition) is 1. The maximum absolute atomic E-state index is 10.2. The predicted molar refractivity (Wildman–Crippen MR) is 72.9 cm³/mol. The third-order valence-electron chi connectivity index (χ3n) is 3.01. The van der Waals surface area contributed by atoms with Gasteiger partial charge in [-0.1, -0.05) is 12.1 Å². The number of benzene rings is 1. The lowest BCUT2D eigenvalue weighted by Gasteiger charge is -2.29. The number of ether oxygens (including phenoxy) is 2. The summed E-state index contributed by atoms with van der Waals surface area (Å²) in [6.07, 6.45) is -0.465. The van der Waals surface area contributed by atoms with E-state index in [0.29, 0.717) is 18.8 Å². The van der Waals surface area contributed by atoms with E-state index in [1.807, 2.05) is 36.6 Å². The monoisotopic (exact) mass is 277 g/mol. The number of rotatable bonds is 3. The van der Waals surface area contributed by atoms with Crippen molar-refractivity contribution in [2.75, 3.05) is 6.61 Å². The predicted octanol–water partition coefficient (Wildman–Crippen LogP) is 2.19. The molecule has 19 heavy (non-hydrogen) atoms. The summed E-state index contributed by atoms with van der Waals surface area (Å²) in [6.45, 7) is 2.31. The number of aryl methyl sites for hydroxylation is 1. The smallest absolute Gasteiger partial charge is 0.161 e. The van der Waals surface area contributed by atoms with Gasteiger partial charge in [-0.05, 0) is 19.1 Å². The van der Waals surface area contributed by atoms with Gasteiger partial charge < -0.3 is 14.6 Å². The molecule has 0 radical (unpaired) electrons. The third kappa shape index (κ3) is 2.72. The van der Waals surface area contributed by atoms with E-state index >= 15 is 0 Å². The Bertz CT molecular complexity index is 569. The fourth-order valence-electron chi connectivity index (χ4n) is 2.03. The molecule has 0 spiro atoms. The van der Waals surface area contributed by atoms with Gasteiger partial charge in [-0.3, -0.25) is 0 Å². The van der Waals surface area contributed by atoms with Gasteiger partial charge in [-0.2, -0.15) is 0 Å². The molecule has 0 saturated heterocycles. The lowest BCUT2D eigenvalue weighted by atomic mass is 10.1. The number of aromatic nitrogens is 1. The summed E-state index contributed by atoms with van der Waals surface area (Å²) in [5, 5.41) is 13.1. The van der Waals surface area contributed by atoms with E-state index in [4.69, 9.17) is 9.47 Å². The number of thiazole rings is 1. The van der Waals surface area contributed by atoms with Crippen molar-refractivity contribution in [3.05, 3.63) is 40.3 Å². The number of aliphatic hydroxyl groups is 1. The van der Waals surface area contributed by atoms with Gasteiger partial charge in [-0.25, -0.2) is 4.98 Å². The van der Waals surface area contributed by atoms with E-state index in [2.05, 4.69) is 4.98 Å². The van der Waals surface area contributed by atoms with Crippen LogP contribution in [0.1, 0.15) is 10.7 Å². The van der Waals surface area contributed by atoms with Gasteiger partial charge in [0.25, 0.3) is 0 Å². The van der Waals surface area contributed by atoms with E-state index in [1.54, 1.807) is 11.3 Å². The normalized spacial score (nSPS) is 19.2. The van der Waals surface area contributed by atoms with E-state index in [-0.39, 0.29) is 6.10 Å². The number of nitrogens with zero attached hydrogens (tertiary/aromatic N) is 1. The average Bonchev–Trinajstić information content (AvgIpc) is 2.83. The van der Waals surface area contributed by atoms with Crippen LogP contribution in [0.15, 0.2) is 29.6 Å². The number of para-hydroxylation sites is 2. The molecule has 2 unspecified atom stereocenters. The van der Waals surface area contributed by atoms with Crippen LogP contribution in [0.4, 0.5) is 0 Å². The zero-order chi connectivity index (χ0) is 13.2. The van der Waals surface area contributed by atoms with E-state index in [9.17, 15) is 5.11 Å². The molecule has 1 N–H and O–H groups in total. The molecule has 5 heteroatoms. The lowest BCUT2D eigenvalue weighted by molar-refractivity contribution is -0.00943. The first-order valence-corrected chi connectivity index (χ1v) is 7.08. The maximum atomic E-state index is 10.2. The molecule has 3 rings (SSSR count). The van der Waals surface area contributed by atoms with E-state index in [1.165, 1.54) is 0 Å². The van der Waals surface area contributed by atoms with Crippen LogP contribution in [-0.2, 0) is 6.42 Å². The van der Waals surface area contributed by atoms with Crippen molar-refractivity contribution in [1.82, 2.24) is 4.98 Å². The lowest BCUT2D eigenvalue weighted by Crippen LogP contribution is -2.40. The molecule has 4 nitrogen and oxygen atoms in total. The molecule has 1 aliphatic heterocycles. The topological polar surface area (TPSA) is 51.6 Å². The molecule has 0 aliphatic carbocycles. The van der Waals surface area contributed by atoms with Crippen LogP contribution in [0.3, 0.4) is 0 Å². The van der Waals surface area contributed by atoms with Gasteiger partial charge in [0, 0.05) is 17.5 Å². The van der Waals surface area contributed by atoms with Crippen LogP contribution in [0.5, 0.6) is 11.5 Å². The summed E-state index contributed by atoms with van der Waals surface area (Å²) >= 11 is 1.56. The Morgan fingerprint density at radius 3 is 2.95 bits per heavy atom. The Labute approximate surface area is 115 Å². The fraction of sp³-hybridized carbons (Fsp3) is 0.357. The summed E-state index contributed by atoms with van der Waals surface area (Å²) < 4.78 is 11.4. The molecular weight excluding hydrogens is 262 g/mol. The van der Waals surface area contributed by atoms with Crippen molar-refractivity contribution < 1.29 is 14.6 Å². The first-order valence-electron chi connectivity index (χ1n) is 6.20. The molecule has 2 atom stereocenters. The highest BCUT2D eigenvalue weighted by Gasteiger charge is 2.28. The Balaban J connectivity index is 1.67. The molecule has 0 amide bonds. The highest BCUT2D eigenvalue weighted by atomic mass is 32.1. The van der Waals surface area contributed by atoms with Crippen LogP contribution >= 0.6 is 11.3 Å². The van der Waals surface area contributed by atoms with Crippen molar-refractivity contribution in [3.63, 3.8) is 0 Å². The van der Waals surface area contributed by atoms with Crippen LogP contribution < -0.4 is 9.47 Å². The van der Waals surface area contributed by atoms with Crippen LogP contribution in [0.2, 0.25) is 0 Å². The minimum atomic E-state index is -0.612. The first-order chi connectivity index (χ1) is 9.22. The summed E-state index contributed by atoms with van der Waals surface area (Å²) in [6, 6.07) is 7.50. The average molecular weight is 277 g/mol. The highest BCUT2D eigenvalue weighted by Crippen LogP contribution is 2.32. The van der Waals surface area contributed by atoms with E-state index < -0.39 is 6.10 Å². The van der Waals surface area contributed by atoms with Crippen molar-refractivity contribution >= 4 is 11.3 Å². The standard InChI is InChI=1S/C14H15NO3S/c1-9-8-19-14(15-9)6-10(16)13-7-17-11-4-2-3-5-12(11)18-13/h2-5,8,10,13,16H,6-7H2,1H3. The quantitative estimate of drug-likeness (QED) is 0.934. The molecule has 100 valence electrons. The van der Waals surface area contributed by atoms with Crippen molar-refractivity contribution in [3.8, 4) is 11.5 Å². The molecular formula is C14H15NO3S. The Morgan fingerprint density at radius 2 is 2.21 bits per heavy atom. The zero-order valence-corrected chi connectivity index (χ0v) is 11.4. The zero-order valence-electron chi connectivity index (χ0n) is 10.6. The first kappa shape index (κ1) is 12.4. The molecule has 0 fully saturated rings.